The molecule has 2 heteroatoms. The Bertz CT molecular complexity index is 454. The van der Waals surface area contributed by atoms with Gasteiger partial charge in [0.25, 0.3) is 0 Å². The molecule has 0 amide bonds. The molecule has 1 aromatic rings. The highest BCUT2D eigenvalue weighted by molar-refractivity contribution is 5.14. The summed E-state index contributed by atoms with van der Waals surface area (Å²) < 4.78 is 5.98. The Morgan fingerprint density at radius 1 is 1.13 bits per heavy atom. The Morgan fingerprint density at radius 2 is 1.87 bits per heavy atom. The highest BCUT2D eigenvalue weighted by atomic mass is 16.5. The van der Waals surface area contributed by atoms with E-state index in [1.54, 1.807) is 0 Å². The minimum atomic E-state index is 0.0364. The van der Waals surface area contributed by atoms with Crippen molar-refractivity contribution in [2.24, 2.45) is 11.3 Å². The van der Waals surface area contributed by atoms with Crippen LogP contribution in [-0.2, 0) is 11.3 Å². The van der Waals surface area contributed by atoms with E-state index in [9.17, 15) is 0 Å². The van der Waals surface area contributed by atoms with Gasteiger partial charge in [0.05, 0.1) is 5.60 Å². The standard InChI is InChI=1S/C21H35NO/c1-18(2)10-11-21(13-15-23-20(3,4)17-21)12-14-22-16-19-8-6-5-7-9-19/h5-9,18,22H,10-17H2,1-4H3. The number of hydrogen-bond donors (Lipinski definition) is 1. The highest BCUT2D eigenvalue weighted by Crippen LogP contribution is 2.45. The van der Waals surface area contributed by atoms with Crippen molar-refractivity contribution in [3.05, 3.63) is 35.9 Å². The Morgan fingerprint density at radius 3 is 2.52 bits per heavy atom. The van der Waals surface area contributed by atoms with Crippen LogP contribution >= 0.6 is 0 Å². The minimum Gasteiger partial charge on any atom is -0.376 e. The summed E-state index contributed by atoms with van der Waals surface area (Å²) in [6, 6.07) is 10.7. The first-order valence-electron chi connectivity index (χ1n) is 9.29. The third kappa shape index (κ3) is 6.27. The van der Waals surface area contributed by atoms with Crippen LogP contribution in [0.25, 0.3) is 0 Å². The molecular formula is C21H35NO. The molecule has 130 valence electrons. The van der Waals surface area contributed by atoms with Crippen LogP contribution in [0, 0.1) is 11.3 Å². The second-order valence-electron chi connectivity index (χ2n) is 8.38. The molecule has 1 atom stereocenters. The Kier molecular flexibility index (Phi) is 6.67. The van der Waals surface area contributed by atoms with E-state index in [1.165, 1.54) is 37.7 Å². The van der Waals surface area contributed by atoms with Crippen LogP contribution in [0.15, 0.2) is 30.3 Å². The fourth-order valence-corrected chi connectivity index (χ4v) is 3.92. The molecule has 1 aliphatic rings. The van der Waals surface area contributed by atoms with Gasteiger partial charge in [-0.15, -0.1) is 0 Å². The van der Waals surface area contributed by atoms with Crippen LogP contribution in [0.1, 0.15) is 65.4 Å². The fourth-order valence-electron chi connectivity index (χ4n) is 3.92. The Balaban J connectivity index is 1.87. The summed E-state index contributed by atoms with van der Waals surface area (Å²) in [7, 11) is 0. The zero-order valence-corrected chi connectivity index (χ0v) is 15.5. The van der Waals surface area contributed by atoms with Gasteiger partial charge in [0.1, 0.15) is 0 Å². The van der Waals surface area contributed by atoms with Crippen molar-refractivity contribution >= 4 is 0 Å². The first kappa shape index (κ1) is 18.5. The van der Waals surface area contributed by atoms with Gasteiger partial charge >= 0.3 is 0 Å². The molecule has 0 aliphatic carbocycles. The Labute approximate surface area is 143 Å². The lowest BCUT2D eigenvalue weighted by Gasteiger charge is -2.45. The van der Waals surface area contributed by atoms with Crippen LogP contribution in [-0.4, -0.2) is 18.8 Å². The quantitative estimate of drug-likeness (QED) is 0.667. The van der Waals surface area contributed by atoms with E-state index in [0.29, 0.717) is 5.41 Å². The van der Waals surface area contributed by atoms with Gasteiger partial charge in [-0.1, -0.05) is 50.6 Å². The van der Waals surface area contributed by atoms with Crippen molar-refractivity contribution in [2.75, 3.05) is 13.2 Å². The molecule has 1 fully saturated rings. The molecule has 1 heterocycles. The number of rotatable bonds is 8. The Hall–Kier alpha value is -0.860. The van der Waals surface area contributed by atoms with E-state index in [4.69, 9.17) is 4.74 Å². The van der Waals surface area contributed by atoms with E-state index in [1.807, 2.05) is 0 Å². The van der Waals surface area contributed by atoms with E-state index in [2.05, 4.69) is 63.3 Å². The maximum absolute atomic E-state index is 5.98. The highest BCUT2D eigenvalue weighted by Gasteiger charge is 2.40. The van der Waals surface area contributed by atoms with Gasteiger partial charge in [0.15, 0.2) is 0 Å². The van der Waals surface area contributed by atoms with Crippen LogP contribution in [0.4, 0.5) is 0 Å². The second-order valence-corrected chi connectivity index (χ2v) is 8.38. The lowest BCUT2D eigenvalue weighted by atomic mass is 9.68. The maximum Gasteiger partial charge on any atom is 0.0631 e. The molecule has 1 unspecified atom stereocenters. The molecule has 0 radical (unpaired) electrons. The molecule has 1 saturated heterocycles. The molecule has 0 saturated carbocycles. The van der Waals surface area contributed by atoms with Gasteiger partial charge in [0, 0.05) is 13.2 Å². The SMILES string of the molecule is CC(C)CCC1(CCNCc2ccccc2)CCOC(C)(C)C1. The molecule has 23 heavy (non-hydrogen) atoms. The fraction of sp³-hybridized carbons (Fsp3) is 0.714. The number of nitrogens with one attached hydrogen (secondary N) is 1. The average Bonchev–Trinajstić information content (AvgIpc) is 2.50. The minimum absolute atomic E-state index is 0.0364. The number of ether oxygens (including phenoxy) is 1. The van der Waals surface area contributed by atoms with Crippen LogP contribution in [0.2, 0.25) is 0 Å². The van der Waals surface area contributed by atoms with Gasteiger partial charge in [0.2, 0.25) is 0 Å². The summed E-state index contributed by atoms with van der Waals surface area (Å²) in [5, 5.41) is 3.65. The third-order valence-electron chi connectivity index (χ3n) is 5.18. The summed E-state index contributed by atoms with van der Waals surface area (Å²) in [4.78, 5) is 0. The number of hydrogen-bond acceptors (Lipinski definition) is 2. The molecule has 2 nitrogen and oxygen atoms in total. The van der Waals surface area contributed by atoms with Crippen molar-refractivity contribution < 1.29 is 4.74 Å². The zero-order valence-electron chi connectivity index (χ0n) is 15.5. The lowest BCUT2D eigenvalue weighted by Crippen LogP contribution is -2.42. The number of benzene rings is 1. The van der Waals surface area contributed by atoms with E-state index in [0.717, 1.165) is 25.6 Å². The summed E-state index contributed by atoms with van der Waals surface area (Å²) in [6.45, 7) is 12.2. The average molecular weight is 318 g/mol. The normalized spacial score (nSPS) is 24.0. The van der Waals surface area contributed by atoms with Crippen LogP contribution in [0.3, 0.4) is 0 Å². The van der Waals surface area contributed by atoms with Crippen LogP contribution < -0.4 is 5.32 Å². The zero-order chi connectivity index (χ0) is 16.8. The van der Waals surface area contributed by atoms with Gasteiger partial charge in [-0.3, -0.25) is 0 Å². The lowest BCUT2D eigenvalue weighted by molar-refractivity contribution is -0.110. The second kappa shape index (κ2) is 8.30. The summed E-state index contributed by atoms with van der Waals surface area (Å²) >= 11 is 0. The molecule has 0 aromatic heterocycles. The van der Waals surface area contributed by atoms with Gasteiger partial charge in [-0.2, -0.15) is 0 Å². The van der Waals surface area contributed by atoms with Crippen molar-refractivity contribution in [1.82, 2.24) is 5.32 Å². The topological polar surface area (TPSA) is 21.3 Å². The third-order valence-corrected chi connectivity index (χ3v) is 5.18. The summed E-state index contributed by atoms with van der Waals surface area (Å²) in [5.74, 6) is 0.787. The largest absolute Gasteiger partial charge is 0.376 e. The van der Waals surface area contributed by atoms with E-state index in [-0.39, 0.29) is 5.60 Å². The molecule has 0 spiro atoms. The van der Waals surface area contributed by atoms with Gasteiger partial charge in [-0.05, 0) is 63.0 Å². The molecule has 1 N–H and O–H groups in total. The first-order chi connectivity index (χ1) is 10.9. The van der Waals surface area contributed by atoms with Crippen molar-refractivity contribution in [3.8, 4) is 0 Å². The summed E-state index contributed by atoms with van der Waals surface area (Å²) in [6.07, 6.45) is 6.34. The van der Waals surface area contributed by atoms with Gasteiger partial charge in [-0.25, -0.2) is 0 Å². The first-order valence-corrected chi connectivity index (χ1v) is 9.29. The predicted molar refractivity (Wildman–Crippen MR) is 98.5 cm³/mol. The van der Waals surface area contributed by atoms with Crippen molar-refractivity contribution in [1.29, 1.82) is 0 Å². The van der Waals surface area contributed by atoms with Gasteiger partial charge < -0.3 is 10.1 Å². The summed E-state index contributed by atoms with van der Waals surface area (Å²) in [5.41, 5.74) is 1.86. The predicted octanol–water partition coefficient (Wildman–Crippen LogP) is 5.18. The van der Waals surface area contributed by atoms with Crippen LogP contribution in [0.5, 0.6) is 0 Å². The molecule has 1 aliphatic heterocycles. The molecule has 0 bridgehead atoms. The smallest absolute Gasteiger partial charge is 0.0631 e. The van der Waals surface area contributed by atoms with Crippen molar-refractivity contribution in [2.45, 2.75) is 71.9 Å². The molecular weight excluding hydrogens is 282 g/mol. The van der Waals surface area contributed by atoms with Crippen molar-refractivity contribution in [3.63, 3.8) is 0 Å². The maximum atomic E-state index is 5.98. The monoisotopic (exact) mass is 317 g/mol. The molecule has 2 rings (SSSR count). The van der Waals surface area contributed by atoms with E-state index >= 15 is 0 Å². The molecule has 1 aromatic carbocycles. The van der Waals surface area contributed by atoms with E-state index < -0.39 is 0 Å².